The summed E-state index contributed by atoms with van der Waals surface area (Å²) in [7, 11) is -0.0631. The normalized spacial score (nSPS) is 11.2. The van der Waals surface area contributed by atoms with E-state index >= 15 is 0 Å². The summed E-state index contributed by atoms with van der Waals surface area (Å²) in [6.07, 6.45) is 3.07. The third-order valence-corrected chi connectivity index (χ3v) is 5.30. The van der Waals surface area contributed by atoms with Gasteiger partial charge in [-0.1, -0.05) is 11.6 Å². The van der Waals surface area contributed by atoms with Crippen molar-refractivity contribution in [2.45, 2.75) is 4.90 Å². The van der Waals surface area contributed by atoms with Crippen molar-refractivity contribution in [3.63, 3.8) is 0 Å². The number of anilines is 2. The van der Waals surface area contributed by atoms with Crippen molar-refractivity contribution in [1.29, 1.82) is 0 Å². The Morgan fingerprint density at radius 3 is 2.62 bits per heavy atom. The molecule has 0 aliphatic heterocycles. The van der Waals surface area contributed by atoms with Crippen LogP contribution in [-0.4, -0.2) is 27.5 Å². The zero-order valence-electron chi connectivity index (χ0n) is 11.3. The lowest BCUT2D eigenvalue weighted by molar-refractivity contribution is 0.601. The molecule has 2 aromatic rings. The zero-order valence-corrected chi connectivity index (χ0v) is 14.5. The van der Waals surface area contributed by atoms with Gasteiger partial charge < -0.3 is 4.90 Å². The molecular weight excluding hydrogens is 378 g/mol. The zero-order chi connectivity index (χ0) is 15.6. The van der Waals surface area contributed by atoms with E-state index < -0.39 is 10.0 Å². The second-order valence-electron chi connectivity index (χ2n) is 4.47. The highest BCUT2D eigenvalue weighted by molar-refractivity contribution is 9.10. The molecule has 5 nitrogen and oxygen atoms in total. The molecule has 1 N–H and O–H groups in total. The van der Waals surface area contributed by atoms with Gasteiger partial charge in [-0.2, -0.15) is 0 Å². The first kappa shape index (κ1) is 16.1. The second kappa shape index (κ2) is 6.21. The first-order chi connectivity index (χ1) is 9.81. The number of aromatic nitrogens is 1. The predicted molar refractivity (Wildman–Crippen MR) is 88.5 cm³/mol. The van der Waals surface area contributed by atoms with Gasteiger partial charge in [-0.25, -0.2) is 8.42 Å². The highest BCUT2D eigenvalue weighted by atomic mass is 79.9. The summed E-state index contributed by atoms with van der Waals surface area (Å²) in [4.78, 5) is 5.87. The molecule has 0 saturated carbocycles. The molecule has 0 aliphatic rings. The Labute approximate surface area is 137 Å². The Bertz CT molecular complexity index is 766. The monoisotopic (exact) mass is 389 g/mol. The predicted octanol–water partition coefficient (Wildman–Crippen LogP) is 3.36. The van der Waals surface area contributed by atoms with Crippen LogP contribution in [0.3, 0.4) is 0 Å². The van der Waals surface area contributed by atoms with Gasteiger partial charge in [0.25, 0.3) is 10.0 Å². The molecule has 0 saturated heterocycles. The van der Waals surface area contributed by atoms with Crippen LogP contribution in [0.1, 0.15) is 0 Å². The molecule has 112 valence electrons. The molecule has 1 aromatic heterocycles. The maximum atomic E-state index is 12.4. The average molecular weight is 391 g/mol. The summed E-state index contributed by atoms with van der Waals surface area (Å²) in [5.74, 6) is 0. The van der Waals surface area contributed by atoms with E-state index in [9.17, 15) is 8.42 Å². The lowest BCUT2D eigenvalue weighted by atomic mass is 10.3. The van der Waals surface area contributed by atoms with Gasteiger partial charge >= 0.3 is 0 Å². The van der Waals surface area contributed by atoms with Crippen LogP contribution in [0.25, 0.3) is 0 Å². The molecule has 0 amide bonds. The molecule has 0 radical (unpaired) electrons. The number of nitrogens with zero attached hydrogens (tertiary/aromatic N) is 2. The third-order valence-electron chi connectivity index (χ3n) is 2.73. The molecule has 0 unspecified atom stereocenters. The van der Waals surface area contributed by atoms with Gasteiger partial charge in [0.1, 0.15) is 0 Å². The smallest absolute Gasteiger partial charge is 0.262 e. The van der Waals surface area contributed by atoms with E-state index in [1.54, 1.807) is 17.2 Å². The average Bonchev–Trinajstić information content (AvgIpc) is 2.41. The van der Waals surface area contributed by atoms with Crippen molar-refractivity contribution in [3.05, 3.63) is 46.2 Å². The minimum Gasteiger partial charge on any atom is -0.376 e. The van der Waals surface area contributed by atoms with Crippen LogP contribution in [0.2, 0.25) is 5.02 Å². The number of rotatable bonds is 4. The molecule has 0 fully saturated rings. The van der Waals surface area contributed by atoms with Crippen LogP contribution in [0, 0.1) is 0 Å². The van der Waals surface area contributed by atoms with E-state index in [2.05, 4.69) is 25.6 Å². The molecule has 1 heterocycles. The van der Waals surface area contributed by atoms with Gasteiger partial charge in [-0.15, -0.1) is 0 Å². The highest BCUT2D eigenvalue weighted by Crippen LogP contribution is 2.28. The Morgan fingerprint density at radius 2 is 2.00 bits per heavy atom. The lowest BCUT2D eigenvalue weighted by Gasteiger charge is -2.18. The highest BCUT2D eigenvalue weighted by Gasteiger charge is 2.17. The summed E-state index contributed by atoms with van der Waals surface area (Å²) >= 11 is 9.10. The molecule has 0 spiro atoms. The number of sulfonamides is 1. The van der Waals surface area contributed by atoms with Crippen molar-refractivity contribution in [2.75, 3.05) is 23.7 Å². The molecule has 21 heavy (non-hydrogen) atoms. The molecule has 0 bridgehead atoms. The summed E-state index contributed by atoms with van der Waals surface area (Å²) in [6.45, 7) is 0. The van der Waals surface area contributed by atoms with Gasteiger partial charge in [0, 0.05) is 24.8 Å². The van der Waals surface area contributed by atoms with Crippen molar-refractivity contribution in [2.24, 2.45) is 0 Å². The number of benzene rings is 1. The number of hydrogen-bond acceptors (Lipinski definition) is 4. The number of halogens is 2. The molecule has 1 aromatic carbocycles. The van der Waals surface area contributed by atoms with E-state index in [-0.39, 0.29) is 4.90 Å². The fourth-order valence-corrected chi connectivity index (χ4v) is 3.44. The van der Waals surface area contributed by atoms with Crippen LogP contribution in [0.15, 0.2) is 46.0 Å². The lowest BCUT2D eigenvalue weighted by Crippen LogP contribution is -2.17. The number of hydrogen-bond donors (Lipinski definition) is 1. The van der Waals surface area contributed by atoms with Crippen LogP contribution in [0.5, 0.6) is 0 Å². The molecule has 2 rings (SSSR count). The quantitative estimate of drug-likeness (QED) is 0.869. The Balaban J connectivity index is 2.40. The topological polar surface area (TPSA) is 62.3 Å². The summed E-state index contributed by atoms with van der Waals surface area (Å²) in [6, 6.07) is 6.16. The van der Waals surface area contributed by atoms with Crippen molar-refractivity contribution in [3.8, 4) is 0 Å². The molecular formula is C13H13BrClN3O2S. The van der Waals surface area contributed by atoms with Crippen LogP contribution < -0.4 is 9.62 Å². The third kappa shape index (κ3) is 3.66. The Morgan fingerprint density at radius 1 is 1.29 bits per heavy atom. The minimum absolute atomic E-state index is 0.118. The fraction of sp³-hybridized carbons (Fsp3) is 0.154. The minimum atomic E-state index is -3.71. The van der Waals surface area contributed by atoms with Crippen molar-refractivity contribution >= 4 is 48.9 Å². The van der Waals surface area contributed by atoms with Crippen LogP contribution in [-0.2, 0) is 10.0 Å². The first-order valence-corrected chi connectivity index (χ1v) is 8.56. The Kier molecular flexibility index (Phi) is 4.75. The van der Waals surface area contributed by atoms with Gasteiger partial charge in [-0.3, -0.25) is 9.71 Å². The van der Waals surface area contributed by atoms with E-state index in [1.165, 1.54) is 24.4 Å². The molecule has 0 aliphatic carbocycles. The fourth-order valence-electron chi connectivity index (χ4n) is 1.70. The van der Waals surface area contributed by atoms with E-state index in [4.69, 9.17) is 11.6 Å². The second-order valence-corrected chi connectivity index (χ2v) is 7.41. The standard InChI is InChI=1S/C13H13BrClN3O2S/c1-18(2)13-5-6-16-8-12(13)17-21(19,20)9-3-4-11(15)10(14)7-9/h3-8,17H,1-2H3. The van der Waals surface area contributed by atoms with Crippen LogP contribution >= 0.6 is 27.5 Å². The Hall–Kier alpha value is -1.31. The van der Waals surface area contributed by atoms with Gasteiger partial charge in [0.15, 0.2) is 0 Å². The van der Waals surface area contributed by atoms with Gasteiger partial charge in [0.05, 0.1) is 27.5 Å². The maximum Gasteiger partial charge on any atom is 0.262 e. The molecule has 0 atom stereocenters. The maximum absolute atomic E-state index is 12.4. The van der Waals surface area contributed by atoms with E-state index in [1.807, 2.05) is 14.1 Å². The molecule has 8 heteroatoms. The van der Waals surface area contributed by atoms with E-state index in [0.29, 0.717) is 15.2 Å². The van der Waals surface area contributed by atoms with Gasteiger partial charge in [-0.05, 0) is 40.2 Å². The number of nitrogens with one attached hydrogen (secondary N) is 1. The summed E-state index contributed by atoms with van der Waals surface area (Å²) in [5.41, 5.74) is 1.13. The van der Waals surface area contributed by atoms with Crippen LogP contribution in [0.4, 0.5) is 11.4 Å². The SMILES string of the molecule is CN(C)c1ccncc1NS(=O)(=O)c1ccc(Cl)c(Br)c1. The van der Waals surface area contributed by atoms with Crippen molar-refractivity contribution < 1.29 is 8.42 Å². The largest absolute Gasteiger partial charge is 0.376 e. The summed E-state index contributed by atoms with van der Waals surface area (Å²) in [5, 5.41) is 0.448. The van der Waals surface area contributed by atoms with Crippen molar-refractivity contribution in [1.82, 2.24) is 4.98 Å². The van der Waals surface area contributed by atoms with Gasteiger partial charge in [0.2, 0.25) is 0 Å². The number of pyridine rings is 1. The van der Waals surface area contributed by atoms with E-state index in [0.717, 1.165) is 5.69 Å². The first-order valence-electron chi connectivity index (χ1n) is 5.90. The summed E-state index contributed by atoms with van der Waals surface area (Å²) < 4.78 is 27.9.